The first-order valence-corrected chi connectivity index (χ1v) is 4.79. The predicted octanol–water partition coefficient (Wildman–Crippen LogP) is 0.672. The molecule has 0 aliphatic rings. The molecule has 6 nitrogen and oxygen atoms in total. The van der Waals surface area contributed by atoms with Crippen LogP contribution in [0.25, 0.3) is 0 Å². The number of nitro benzene ring substituents is 1. The maximum absolute atomic E-state index is 11.5. The van der Waals surface area contributed by atoms with E-state index in [4.69, 9.17) is 5.73 Å². The van der Waals surface area contributed by atoms with Crippen molar-refractivity contribution in [2.24, 2.45) is 5.73 Å². The van der Waals surface area contributed by atoms with Gasteiger partial charge in [-0.05, 0) is 13.0 Å². The summed E-state index contributed by atoms with van der Waals surface area (Å²) < 4.78 is 0. The van der Waals surface area contributed by atoms with Gasteiger partial charge < -0.3 is 11.1 Å². The van der Waals surface area contributed by atoms with Crippen LogP contribution in [0.2, 0.25) is 0 Å². The third-order valence-electron chi connectivity index (χ3n) is 1.90. The molecule has 1 amide bonds. The van der Waals surface area contributed by atoms with Crippen LogP contribution in [0.4, 0.5) is 5.69 Å². The molecule has 0 saturated carbocycles. The Morgan fingerprint density at radius 2 is 2.31 bits per heavy atom. The Bertz CT molecular complexity index is 404. The number of nitrogens with zero attached hydrogens (tertiary/aromatic N) is 1. The molecule has 0 bridgehead atoms. The Labute approximate surface area is 92.6 Å². The van der Waals surface area contributed by atoms with Gasteiger partial charge in [0.25, 0.3) is 11.6 Å². The molecule has 1 atom stereocenters. The summed E-state index contributed by atoms with van der Waals surface area (Å²) in [7, 11) is 0. The van der Waals surface area contributed by atoms with Crippen molar-refractivity contribution in [1.29, 1.82) is 0 Å². The van der Waals surface area contributed by atoms with E-state index in [1.165, 1.54) is 24.3 Å². The van der Waals surface area contributed by atoms with Crippen LogP contribution in [0, 0.1) is 10.1 Å². The number of nitrogens with one attached hydrogen (secondary N) is 1. The van der Waals surface area contributed by atoms with Crippen molar-refractivity contribution in [3.05, 3.63) is 39.9 Å². The smallest absolute Gasteiger partial charge is 0.270 e. The van der Waals surface area contributed by atoms with Crippen molar-refractivity contribution >= 4 is 11.6 Å². The van der Waals surface area contributed by atoms with E-state index in [1.54, 1.807) is 6.92 Å². The van der Waals surface area contributed by atoms with Gasteiger partial charge in [0.05, 0.1) is 4.92 Å². The predicted molar refractivity (Wildman–Crippen MR) is 59.1 cm³/mol. The van der Waals surface area contributed by atoms with Crippen LogP contribution in [-0.4, -0.2) is 23.4 Å². The molecule has 3 N–H and O–H groups in total. The highest BCUT2D eigenvalue weighted by atomic mass is 16.6. The number of nitrogens with two attached hydrogens (primary N) is 1. The van der Waals surface area contributed by atoms with Crippen molar-refractivity contribution in [2.45, 2.75) is 13.0 Å². The molecule has 0 aromatic heterocycles. The van der Waals surface area contributed by atoms with Crippen molar-refractivity contribution in [2.75, 3.05) is 6.54 Å². The lowest BCUT2D eigenvalue weighted by Gasteiger charge is -2.07. The Hall–Kier alpha value is -1.95. The van der Waals surface area contributed by atoms with Gasteiger partial charge in [-0.25, -0.2) is 0 Å². The highest BCUT2D eigenvalue weighted by Gasteiger charge is 2.11. The van der Waals surface area contributed by atoms with E-state index in [1.807, 2.05) is 0 Å². The second-order valence-electron chi connectivity index (χ2n) is 3.49. The molecule has 86 valence electrons. The number of amides is 1. The van der Waals surface area contributed by atoms with E-state index >= 15 is 0 Å². The summed E-state index contributed by atoms with van der Waals surface area (Å²) >= 11 is 0. The van der Waals surface area contributed by atoms with E-state index < -0.39 is 4.92 Å². The molecule has 0 heterocycles. The Kier molecular flexibility index (Phi) is 3.96. The van der Waals surface area contributed by atoms with E-state index in [0.717, 1.165) is 0 Å². The fourth-order valence-corrected chi connectivity index (χ4v) is 1.12. The molecule has 16 heavy (non-hydrogen) atoms. The standard InChI is InChI=1S/C10H13N3O3/c1-7(11)6-12-10(14)8-3-2-4-9(5-8)13(15)16/h2-5,7H,6,11H2,1H3,(H,12,14). The third-order valence-corrected chi connectivity index (χ3v) is 1.90. The molecular formula is C10H13N3O3. The number of carbonyl (C=O) groups is 1. The van der Waals surface area contributed by atoms with Gasteiger partial charge in [0.1, 0.15) is 0 Å². The van der Waals surface area contributed by atoms with Crippen LogP contribution in [0.1, 0.15) is 17.3 Å². The van der Waals surface area contributed by atoms with Crippen LogP contribution in [-0.2, 0) is 0 Å². The maximum Gasteiger partial charge on any atom is 0.270 e. The lowest BCUT2D eigenvalue weighted by atomic mass is 10.2. The SMILES string of the molecule is CC(N)CNC(=O)c1cccc([N+](=O)[O-])c1. The van der Waals surface area contributed by atoms with Crippen molar-refractivity contribution < 1.29 is 9.72 Å². The van der Waals surface area contributed by atoms with Gasteiger partial charge in [-0.1, -0.05) is 6.07 Å². The Balaban J connectivity index is 2.76. The fourth-order valence-electron chi connectivity index (χ4n) is 1.12. The van der Waals surface area contributed by atoms with E-state index in [9.17, 15) is 14.9 Å². The van der Waals surface area contributed by atoms with Gasteiger partial charge >= 0.3 is 0 Å². The van der Waals surface area contributed by atoms with Crippen LogP contribution < -0.4 is 11.1 Å². The van der Waals surface area contributed by atoms with Gasteiger partial charge in [0.2, 0.25) is 0 Å². The second kappa shape index (κ2) is 5.22. The minimum atomic E-state index is -0.539. The maximum atomic E-state index is 11.5. The average Bonchev–Trinajstić information content (AvgIpc) is 2.26. The summed E-state index contributed by atoms with van der Waals surface area (Å²) in [5.74, 6) is -0.360. The van der Waals surface area contributed by atoms with Gasteiger partial charge in [-0.15, -0.1) is 0 Å². The molecular weight excluding hydrogens is 210 g/mol. The molecule has 0 aliphatic heterocycles. The summed E-state index contributed by atoms with van der Waals surface area (Å²) in [5.41, 5.74) is 5.63. The zero-order valence-corrected chi connectivity index (χ0v) is 8.84. The monoisotopic (exact) mass is 223 g/mol. The number of non-ortho nitro benzene ring substituents is 1. The molecule has 0 radical (unpaired) electrons. The van der Waals surface area contributed by atoms with Gasteiger partial charge in [0, 0.05) is 30.3 Å². The molecule has 0 aliphatic carbocycles. The van der Waals surface area contributed by atoms with Crippen LogP contribution in [0.5, 0.6) is 0 Å². The zero-order chi connectivity index (χ0) is 12.1. The van der Waals surface area contributed by atoms with Crippen molar-refractivity contribution in [3.8, 4) is 0 Å². The zero-order valence-electron chi connectivity index (χ0n) is 8.84. The summed E-state index contributed by atoms with van der Waals surface area (Å²) in [6, 6.07) is 5.41. The number of carbonyl (C=O) groups excluding carboxylic acids is 1. The molecule has 0 spiro atoms. The first kappa shape index (κ1) is 12.1. The largest absolute Gasteiger partial charge is 0.350 e. The van der Waals surface area contributed by atoms with E-state index in [-0.39, 0.29) is 23.2 Å². The second-order valence-corrected chi connectivity index (χ2v) is 3.49. The minimum Gasteiger partial charge on any atom is -0.350 e. The number of nitro groups is 1. The Morgan fingerprint density at radius 1 is 1.62 bits per heavy atom. The minimum absolute atomic E-state index is 0.103. The number of benzene rings is 1. The van der Waals surface area contributed by atoms with Crippen LogP contribution in [0.15, 0.2) is 24.3 Å². The number of hydrogen-bond donors (Lipinski definition) is 2. The first-order chi connectivity index (χ1) is 7.50. The molecule has 1 rings (SSSR count). The summed E-state index contributed by atoms with van der Waals surface area (Å²) in [6.07, 6.45) is 0. The molecule has 1 aromatic rings. The molecule has 0 saturated heterocycles. The van der Waals surface area contributed by atoms with E-state index in [2.05, 4.69) is 5.32 Å². The van der Waals surface area contributed by atoms with Gasteiger partial charge in [-0.3, -0.25) is 14.9 Å². The number of hydrogen-bond acceptors (Lipinski definition) is 4. The summed E-state index contributed by atoms with van der Waals surface area (Å²) in [5, 5.41) is 13.1. The molecule has 6 heteroatoms. The highest BCUT2D eigenvalue weighted by molar-refractivity contribution is 5.94. The van der Waals surface area contributed by atoms with Crippen molar-refractivity contribution in [3.63, 3.8) is 0 Å². The van der Waals surface area contributed by atoms with Gasteiger partial charge in [-0.2, -0.15) is 0 Å². The summed E-state index contributed by atoms with van der Waals surface area (Å²) in [6.45, 7) is 2.09. The number of rotatable bonds is 4. The Morgan fingerprint density at radius 3 is 2.88 bits per heavy atom. The molecule has 1 aromatic carbocycles. The quantitative estimate of drug-likeness (QED) is 0.579. The van der Waals surface area contributed by atoms with Crippen LogP contribution in [0.3, 0.4) is 0 Å². The molecule has 1 unspecified atom stereocenters. The lowest BCUT2D eigenvalue weighted by Crippen LogP contribution is -2.35. The topological polar surface area (TPSA) is 98.3 Å². The fraction of sp³-hybridized carbons (Fsp3) is 0.300. The normalized spacial score (nSPS) is 11.9. The van der Waals surface area contributed by atoms with E-state index in [0.29, 0.717) is 6.54 Å². The highest BCUT2D eigenvalue weighted by Crippen LogP contribution is 2.12. The molecule has 0 fully saturated rings. The third kappa shape index (κ3) is 3.32. The van der Waals surface area contributed by atoms with Gasteiger partial charge in [0.15, 0.2) is 0 Å². The van der Waals surface area contributed by atoms with Crippen molar-refractivity contribution in [1.82, 2.24) is 5.32 Å². The lowest BCUT2D eigenvalue weighted by molar-refractivity contribution is -0.384. The van der Waals surface area contributed by atoms with Crippen LogP contribution >= 0.6 is 0 Å². The average molecular weight is 223 g/mol. The first-order valence-electron chi connectivity index (χ1n) is 4.79. The summed E-state index contributed by atoms with van der Waals surface area (Å²) in [4.78, 5) is 21.5.